The van der Waals surface area contributed by atoms with Crippen molar-refractivity contribution in [2.75, 3.05) is 26.6 Å². The molecule has 0 aliphatic heterocycles. The molecule has 170 valence electrons. The minimum absolute atomic E-state index is 0.0827. The highest BCUT2D eigenvalue weighted by molar-refractivity contribution is 5.91. The van der Waals surface area contributed by atoms with E-state index in [0.29, 0.717) is 35.1 Å². The number of amides is 1. The summed E-state index contributed by atoms with van der Waals surface area (Å²) in [4.78, 5) is 29.6. The van der Waals surface area contributed by atoms with Crippen LogP contribution in [0.3, 0.4) is 0 Å². The Labute approximate surface area is 188 Å². The zero-order chi connectivity index (χ0) is 23.4. The highest BCUT2D eigenvalue weighted by Crippen LogP contribution is 2.29. The fourth-order valence-electron chi connectivity index (χ4n) is 3.32. The summed E-state index contributed by atoms with van der Waals surface area (Å²) in [7, 11) is 4.62. The molecule has 1 amide bonds. The zero-order valence-electron chi connectivity index (χ0n) is 18.3. The van der Waals surface area contributed by atoms with Crippen LogP contribution in [0.2, 0.25) is 0 Å². The van der Waals surface area contributed by atoms with Gasteiger partial charge < -0.3 is 19.5 Å². The van der Waals surface area contributed by atoms with Gasteiger partial charge in [-0.25, -0.2) is 9.67 Å². The summed E-state index contributed by atoms with van der Waals surface area (Å²) in [6.07, 6.45) is 1.31. The molecule has 0 bridgehead atoms. The van der Waals surface area contributed by atoms with Crippen molar-refractivity contribution in [1.29, 1.82) is 0 Å². The Hall–Kier alpha value is -4.41. The Morgan fingerprint density at radius 3 is 2.61 bits per heavy atom. The number of ether oxygens (including phenoxy) is 3. The van der Waals surface area contributed by atoms with Crippen LogP contribution in [0.15, 0.2) is 53.6 Å². The number of nitrogens with one attached hydrogen (secondary N) is 1. The van der Waals surface area contributed by atoms with E-state index >= 15 is 0 Å². The van der Waals surface area contributed by atoms with Crippen molar-refractivity contribution in [2.45, 2.75) is 13.1 Å². The number of hydrogen-bond acceptors (Lipinski definition) is 8. The molecule has 0 aliphatic rings. The summed E-state index contributed by atoms with van der Waals surface area (Å²) in [5.41, 5.74) is 1.38. The van der Waals surface area contributed by atoms with Crippen LogP contribution >= 0.6 is 0 Å². The first-order valence-corrected chi connectivity index (χ1v) is 9.96. The van der Waals surface area contributed by atoms with Crippen LogP contribution in [0.1, 0.15) is 5.56 Å². The quantitative estimate of drug-likeness (QED) is 0.430. The highest BCUT2D eigenvalue weighted by Gasteiger charge is 2.15. The van der Waals surface area contributed by atoms with Gasteiger partial charge in [0, 0.05) is 11.8 Å². The van der Waals surface area contributed by atoms with Gasteiger partial charge in [0.15, 0.2) is 22.7 Å². The molecule has 2 aromatic carbocycles. The smallest absolute Gasteiger partial charge is 0.283 e. The lowest BCUT2D eigenvalue weighted by Gasteiger charge is -2.11. The van der Waals surface area contributed by atoms with E-state index in [2.05, 4.69) is 20.6 Å². The molecule has 0 saturated carbocycles. The molecule has 33 heavy (non-hydrogen) atoms. The fourth-order valence-corrected chi connectivity index (χ4v) is 3.32. The second-order valence-corrected chi connectivity index (χ2v) is 7.07. The molecule has 4 rings (SSSR count). The van der Waals surface area contributed by atoms with Crippen LogP contribution in [0.4, 0.5) is 5.69 Å². The molecule has 1 N–H and O–H groups in total. The van der Waals surface area contributed by atoms with E-state index in [4.69, 9.17) is 14.2 Å². The third kappa shape index (κ3) is 4.61. The van der Waals surface area contributed by atoms with Gasteiger partial charge in [-0.1, -0.05) is 17.3 Å². The van der Waals surface area contributed by atoms with Gasteiger partial charge in [0.1, 0.15) is 18.6 Å². The van der Waals surface area contributed by atoms with Crippen LogP contribution in [0.25, 0.3) is 11.2 Å². The number of fused-ring (bicyclic) bond motifs is 1. The summed E-state index contributed by atoms with van der Waals surface area (Å²) in [5, 5.41) is 10.8. The molecule has 0 fully saturated rings. The number of nitrogens with zero attached hydrogens (tertiary/aromatic N) is 5. The molecule has 0 saturated heterocycles. The molecule has 0 unspecified atom stereocenters. The minimum Gasteiger partial charge on any atom is -0.497 e. The lowest BCUT2D eigenvalue weighted by Crippen LogP contribution is -2.28. The van der Waals surface area contributed by atoms with Crippen molar-refractivity contribution in [3.8, 4) is 17.2 Å². The largest absolute Gasteiger partial charge is 0.497 e. The maximum absolute atomic E-state index is 12.8. The monoisotopic (exact) mass is 450 g/mol. The Morgan fingerprint density at radius 2 is 1.85 bits per heavy atom. The van der Waals surface area contributed by atoms with Crippen molar-refractivity contribution in [2.24, 2.45) is 0 Å². The van der Waals surface area contributed by atoms with Gasteiger partial charge in [-0.15, -0.1) is 5.10 Å². The van der Waals surface area contributed by atoms with Gasteiger partial charge in [0.25, 0.3) is 5.56 Å². The first kappa shape index (κ1) is 21.8. The summed E-state index contributed by atoms with van der Waals surface area (Å²) >= 11 is 0. The minimum atomic E-state index is -0.459. The second kappa shape index (κ2) is 9.39. The molecule has 2 aromatic heterocycles. The van der Waals surface area contributed by atoms with Gasteiger partial charge in [0.2, 0.25) is 5.91 Å². The Morgan fingerprint density at radius 1 is 1.03 bits per heavy atom. The van der Waals surface area contributed by atoms with Crippen LogP contribution < -0.4 is 25.1 Å². The molecular formula is C22H22N6O5. The maximum atomic E-state index is 12.8. The fraction of sp³-hybridized carbons (Fsp3) is 0.227. The van der Waals surface area contributed by atoms with Crippen LogP contribution in [0, 0.1) is 0 Å². The van der Waals surface area contributed by atoms with Crippen LogP contribution in [-0.4, -0.2) is 51.8 Å². The SMILES string of the molecule is COc1cccc(Cn2nnc3c(=O)n(CC(=O)Nc4ccc(OC)c(OC)c4)cnc32)c1. The number of anilines is 1. The summed E-state index contributed by atoms with van der Waals surface area (Å²) in [5.74, 6) is 1.32. The van der Waals surface area contributed by atoms with E-state index in [1.807, 2.05) is 24.3 Å². The molecule has 11 nitrogen and oxygen atoms in total. The van der Waals surface area contributed by atoms with Crippen LogP contribution in [0.5, 0.6) is 17.2 Å². The van der Waals surface area contributed by atoms with E-state index in [1.54, 1.807) is 25.3 Å². The maximum Gasteiger partial charge on any atom is 0.283 e. The topological polar surface area (TPSA) is 122 Å². The highest BCUT2D eigenvalue weighted by atomic mass is 16.5. The molecule has 0 atom stereocenters. The summed E-state index contributed by atoms with van der Waals surface area (Å²) in [6.45, 7) is 0.128. The number of methoxy groups -OCH3 is 3. The average molecular weight is 450 g/mol. The predicted molar refractivity (Wildman–Crippen MR) is 120 cm³/mol. The normalized spacial score (nSPS) is 10.8. The standard InChI is InChI=1S/C22H22N6O5/c1-31-16-6-4-5-14(9-16)11-28-21-20(25-26-28)22(30)27(13-23-21)12-19(29)24-15-7-8-17(32-2)18(10-15)33-3/h4-10,13H,11-12H2,1-3H3,(H,24,29). The van der Waals surface area contributed by atoms with E-state index in [1.165, 1.54) is 29.8 Å². The molecule has 2 heterocycles. The summed E-state index contributed by atoms with van der Waals surface area (Å²) < 4.78 is 18.4. The molecule has 0 radical (unpaired) electrons. The van der Waals surface area contributed by atoms with Gasteiger partial charge in [-0.3, -0.25) is 14.2 Å². The third-order valence-corrected chi connectivity index (χ3v) is 4.94. The van der Waals surface area contributed by atoms with Crippen molar-refractivity contribution in [1.82, 2.24) is 24.5 Å². The van der Waals surface area contributed by atoms with Gasteiger partial charge in [0.05, 0.1) is 27.9 Å². The first-order chi connectivity index (χ1) is 16.0. The number of carbonyl (C=O) groups is 1. The van der Waals surface area contributed by atoms with Gasteiger partial charge in [-0.2, -0.15) is 0 Å². The summed E-state index contributed by atoms with van der Waals surface area (Å²) in [6, 6.07) is 12.5. The molecule has 0 aliphatic carbocycles. The predicted octanol–water partition coefficient (Wildman–Crippen LogP) is 1.70. The molecular weight excluding hydrogens is 428 g/mol. The molecule has 11 heteroatoms. The number of aromatic nitrogens is 5. The number of rotatable bonds is 8. The number of carbonyl (C=O) groups excluding carboxylic acids is 1. The lowest BCUT2D eigenvalue weighted by atomic mass is 10.2. The molecule has 4 aromatic rings. The Balaban J connectivity index is 1.51. The van der Waals surface area contributed by atoms with Gasteiger partial charge in [-0.05, 0) is 29.8 Å². The van der Waals surface area contributed by atoms with Crippen molar-refractivity contribution in [3.63, 3.8) is 0 Å². The van der Waals surface area contributed by atoms with E-state index in [9.17, 15) is 9.59 Å². The van der Waals surface area contributed by atoms with E-state index in [0.717, 1.165) is 5.56 Å². The molecule has 0 spiro atoms. The van der Waals surface area contributed by atoms with Crippen molar-refractivity contribution < 1.29 is 19.0 Å². The third-order valence-electron chi connectivity index (χ3n) is 4.94. The van der Waals surface area contributed by atoms with E-state index < -0.39 is 11.5 Å². The first-order valence-electron chi connectivity index (χ1n) is 9.96. The van der Waals surface area contributed by atoms with E-state index in [-0.39, 0.29) is 12.1 Å². The van der Waals surface area contributed by atoms with Gasteiger partial charge >= 0.3 is 0 Å². The second-order valence-electron chi connectivity index (χ2n) is 7.07. The average Bonchev–Trinajstić information content (AvgIpc) is 3.24. The van der Waals surface area contributed by atoms with Crippen LogP contribution in [-0.2, 0) is 17.9 Å². The lowest BCUT2D eigenvalue weighted by molar-refractivity contribution is -0.116. The van der Waals surface area contributed by atoms with Crippen molar-refractivity contribution in [3.05, 3.63) is 64.7 Å². The Kier molecular flexibility index (Phi) is 6.20. The zero-order valence-corrected chi connectivity index (χ0v) is 18.3. The Bertz CT molecular complexity index is 1360. The number of benzene rings is 2. The number of hydrogen-bond donors (Lipinski definition) is 1. The van der Waals surface area contributed by atoms with Crippen molar-refractivity contribution >= 4 is 22.8 Å².